The van der Waals surface area contributed by atoms with Crippen LogP contribution in [0.25, 0.3) is 0 Å². The van der Waals surface area contributed by atoms with Crippen molar-refractivity contribution in [2.24, 2.45) is 16.6 Å². The number of aromatic nitrogens is 1. The minimum Gasteiger partial charge on any atom is -0.369 e. The fourth-order valence-corrected chi connectivity index (χ4v) is 3.45. The molecule has 9 heteroatoms. The van der Waals surface area contributed by atoms with Crippen LogP contribution in [0.15, 0.2) is 46.1 Å². The number of hydrogen-bond donors (Lipinski definition) is 2. The van der Waals surface area contributed by atoms with Gasteiger partial charge in [0.1, 0.15) is 12.1 Å². The van der Waals surface area contributed by atoms with Crippen molar-refractivity contribution in [3.8, 4) is 0 Å². The lowest BCUT2D eigenvalue weighted by Crippen LogP contribution is -2.52. The number of hydrogen-bond acceptors (Lipinski definition) is 5. The maximum Gasteiger partial charge on any atom is 0.222 e. The summed E-state index contributed by atoms with van der Waals surface area (Å²) in [6, 6.07) is 8.00. The fraction of sp³-hybridized carbons (Fsp3) is 0.476. The van der Waals surface area contributed by atoms with Crippen molar-refractivity contribution in [2.45, 2.75) is 19.9 Å². The van der Waals surface area contributed by atoms with E-state index in [4.69, 9.17) is 10.3 Å². The van der Waals surface area contributed by atoms with E-state index in [1.54, 1.807) is 18.4 Å². The monoisotopic (exact) mass is 416 g/mol. The lowest BCUT2D eigenvalue weighted by Gasteiger charge is -2.36. The first-order valence-electron chi connectivity index (χ1n) is 10.2. The molecule has 1 saturated heterocycles. The Bertz CT molecular complexity index is 817. The Morgan fingerprint density at radius 3 is 2.60 bits per heavy atom. The van der Waals surface area contributed by atoms with Crippen LogP contribution in [0, 0.1) is 11.7 Å². The highest BCUT2D eigenvalue weighted by atomic mass is 19.1. The average molecular weight is 417 g/mol. The molecule has 1 aromatic heterocycles. The van der Waals surface area contributed by atoms with Crippen LogP contribution in [0.2, 0.25) is 0 Å². The zero-order chi connectivity index (χ0) is 21.3. The molecular formula is C21H29FN6O2. The molecule has 1 atom stereocenters. The molecule has 162 valence electrons. The van der Waals surface area contributed by atoms with Crippen LogP contribution in [0.5, 0.6) is 0 Å². The van der Waals surface area contributed by atoms with E-state index in [1.165, 1.54) is 12.1 Å². The molecule has 1 aromatic carbocycles. The largest absolute Gasteiger partial charge is 0.369 e. The number of carbonyl (C=O) groups is 1. The second-order valence-electron chi connectivity index (χ2n) is 7.38. The van der Waals surface area contributed by atoms with Crippen LogP contribution < -0.4 is 11.1 Å². The molecule has 1 aliphatic rings. The zero-order valence-corrected chi connectivity index (χ0v) is 17.3. The predicted molar refractivity (Wildman–Crippen MR) is 112 cm³/mol. The Morgan fingerprint density at radius 1 is 1.27 bits per heavy atom. The number of benzene rings is 1. The summed E-state index contributed by atoms with van der Waals surface area (Å²) in [7, 11) is 0. The number of carbonyl (C=O) groups excluding carboxylic acids is 1. The molecule has 1 aliphatic heterocycles. The van der Waals surface area contributed by atoms with Gasteiger partial charge in [0.15, 0.2) is 5.96 Å². The van der Waals surface area contributed by atoms with Crippen molar-refractivity contribution < 1.29 is 13.7 Å². The van der Waals surface area contributed by atoms with Gasteiger partial charge in [-0.2, -0.15) is 0 Å². The van der Waals surface area contributed by atoms with Gasteiger partial charge in [-0.3, -0.25) is 14.7 Å². The van der Waals surface area contributed by atoms with Crippen LogP contribution in [-0.4, -0.2) is 66.1 Å². The third-order valence-corrected chi connectivity index (χ3v) is 5.14. The lowest BCUT2D eigenvalue weighted by molar-refractivity contribution is -0.121. The van der Waals surface area contributed by atoms with Gasteiger partial charge < -0.3 is 20.5 Å². The Morgan fingerprint density at radius 2 is 2.00 bits per heavy atom. The van der Waals surface area contributed by atoms with Crippen LogP contribution in [0.1, 0.15) is 18.2 Å². The first-order valence-corrected chi connectivity index (χ1v) is 10.2. The van der Waals surface area contributed by atoms with Gasteiger partial charge in [-0.15, -0.1) is 0 Å². The summed E-state index contributed by atoms with van der Waals surface area (Å²) in [6.45, 7) is 7.20. The van der Waals surface area contributed by atoms with E-state index in [2.05, 4.69) is 25.3 Å². The van der Waals surface area contributed by atoms with Crippen LogP contribution in [0.4, 0.5) is 4.39 Å². The summed E-state index contributed by atoms with van der Waals surface area (Å²) in [5.41, 5.74) is 7.39. The number of nitrogens with zero attached hydrogens (tertiary/aromatic N) is 4. The highest BCUT2D eigenvalue weighted by Crippen LogP contribution is 2.12. The molecular weight excluding hydrogens is 387 g/mol. The molecule has 1 amide bonds. The summed E-state index contributed by atoms with van der Waals surface area (Å²) in [6.07, 6.45) is 2.02. The number of piperazine rings is 1. The molecule has 1 fully saturated rings. The number of guanidine groups is 1. The maximum absolute atomic E-state index is 13.1. The van der Waals surface area contributed by atoms with Crippen LogP contribution >= 0.6 is 0 Å². The molecule has 1 unspecified atom stereocenters. The maximum atomic E-state index is 13.1. The van der Waals surface area contributed by atoms with Gasteiger partial charge in [-0.25, -0.2) is 4.39 Å². The third kappa shape index (κ3) is 6.28. The summed E-state index contributed by atoms with van der Waals surface area (Å²) in [4.78, 5) is 21.1. The molecule has 2 aromatic rings. The van der Waals surface area contributed by atoms with E-state index in [0.717, 1.165) is 56.5 Å². The summed E-state index contributed by atoms with van der Waals surface area (Å²) in [5.74, 6) is -0.373. The molecule has 2 heterocycles. The predicted octanol–water partition coefficient (Wildman–Crippen LogP) is 1.24. The fourth-order valence-electron chi connectivity index (χ4n) is 3.45. The quantitative estimate of drug-likeness (QED) is 0.496. The van der Waals surface area contributed by atoms with Gasteiger partial charge >= 0.3 is 0 Å². The van der Waals surface area contributed by atoms with Crippen molar-refractivity contribution in [1.82, 2.24) is 20.3 Å². The van der Waals surface area contributed by atoms with E-state index >= 15 is 0 Å². The number of primary amides is 1. The lowest BCUT2D eigenvalue weighted by atomic mass is 9.99. The molecule has 0 aliphatic carbocycles. The second-order valence-corrected chi connectivity index (χ2v) is 7.38. The number of nitrogens with one attached hydrogen (secondary N) is 1. The molecule has 3 N–H and O–H groups in total. The molecule has 0 saturated carbocycles. The van der Waals surface area contributed by atoms with Gasteiger partial charge in [0.05, 0.1) is 18.2 Å². The summed E-state index contributed by atoms with van der Waals surface area (Å²) < 4.78 is 18.0. The van der Waals surface area contributed by atoms with Crippen molar-refractivity contribution in [2.75, 3.05) is 39.3 Å². The minimum absolute atomic E-state index is 0.286. The number of aliphatic imine (C=N–C) groups is 1. The number of amides is 1. The molecule has 0 radical (unpaired) electrons. The van der Waals surface area contributed by atoms with Gasteiger partial charge in [-0.1, -0.05) is 17.3 Å². The van der Waals surface area contributed by atoms with Crippen molar-refractivity contribution >= 4 is 11.9 Å². The Hall–Kier alpha value is -2.94. The van der Waals surface area contributed by atoms with E-state index in [9.17, 15) is 9.18 Å². The van der Waals surface area contributed by atoms with Crippen molar-refractivity contribution in [3.63, 3.8) is 0 Å². The smallest absolute Gasteiger partial charge is 0.222 e. The average Bonchev–Trinajstić information content (AvgIpc) is 3.25. The van der Waals surface area contributed by atoms with E-state index < -0.39 is 11.8 Å². The number of nitrogens with two attached hydrogens (primary N) is 1. The van der Waals surface area contributed by atoms with Crippen molar-refractivity contribution in [3.05, 3.63) is 53.7 Å². The normalized spacial score (nSPS) is 16.5. The Kier molecular flexibility index (Phi) is 7.78. The second kappa shape index (κ2) is 10.7. The topological polar surface area (TPSA) is 100.0 Å². The molecule has 30 heavy (non-hydrogen) atoms. The molecule has 8 nitrogen and oxygen atoms in total. The Balaban J connectivity index is 1.58. The highest BCUT2D eigenvalue weighted by molar-refractivity contribution is 5.81. The molecule has 0 bridgehead atoms. The van der Waals surface area contributed by atoms with E-state index in [-0.39, 0.29) is 12.4 Å². The molecule has 3 rings (SSSR count). The van der Waals surface area contributed by atoms with Crippen LogP contribution in [0.3, 0.4) is 0 Å². The Labute approximate surface area is 175 Å². The van der Waals surface area contributed by atoms with Gasteiger partial charge in [0.2, 0.25) is 5.91 Å². The van der Waals surface area contributed by atoms with Gasteiger partial charge in [-0.05, 0) is 31.0 Å². The van der Waals surface area contributed by atoms with Gasteiger partial charge in [0, 0.05) is 45.3 Å². The third-order valence-electron chi connectivity index (χ3n) is 5.14. The SMILES string of the molecule is CCNC(=NCC(Cc1ccc(F)cc1)C(N)=O)N1CCN(Cc2ccon2)CC1. The first-order chi connectivity index (χ1) is 14.5. The van der Waals surface area contributed by atoms with E-state index in [0.29, 0.717) is 6.42 Å². The van der Waals surface area contributed by atoms with E-state index in [1.807, 2.05) is 13.0 Å². The molecule has 0 spiro atoms. The summed E-state index contributed by atoms with van der Waals surface area (Å²) >= 11 is 0. The zero-order valence-electron chi connectivity index (χ0n) is 17.3. The van der Waals surface area contributed by atoms with Crippen LogP contribution in [-0.2, 0) is 17.8 Å². The minimum atomic E-state index is -0.447. The van der Waals surface area contributed by atoms with Gasteiger partial charge in [0.25, 0.3) is 0 Å². The first kappa shape index (κ1) is 21.8. The highest BCUT2D eigenvalue weighted by Gasteiger charge is 2.22. The number of halogens is 1. The number of rotatable bonds is 8. The standard InChI is InChI=1S/C21H29FN6O2/c1-2-24-21(28-10-8-27(9-11-28)15-19-7-12-30-26-19)25-14-17(20(23)29)13-16-3-5-18(22)6-4-16/h3-7,12,17H,2,8-11,13-15H2,1H3,(H2,23,29)(H,24,25). The van der Waals surface area contributed by atoms with Crippen molar-refractivity contribution in [1.29, 1.82) is 0 Å². The summed E-state index contributed by atoms with van der Waals surface area (Å²) in [5, 5.41) is 7.27.